The molecule has 2 heteroatoms. The first-order valence-electron chi connectivity index (χ1n) is 4.39. The van der Waals surface area contributed by atoms with Gasteiger partial charge in [0, 0.05) is 6.08 Å². The van der Waals surface area contributed by atoms with Crippen LogP contribution in [0, 0.1) is 5.92 Å². The lowest BCUT2D eigenvalue weighted by Gasteiger charge is -2.13. The molecule has 12 heavy (non-hydrogen) atoms. The highest BCUT2D eigenvalue weighted by Crippen LogP contribution is 2.07. The number of ether oxygens (including phenoxy) is 1. The van der Waals surface area contributed by atoms with E-state index in [1.165, 1.54) is 6.08 Å². The molecule has 0 fully saturated rings. The van der Waals surface area contributed by atoms with E-state index in [4.69, 9.17) is 4.74 Å². The van der Waals surface area contributed by atoms with Crippen molar-refractivity contribution in [3.63, 3.8) is 0 Å². The highest BCUT2D eigenvalue weighted by molar-refractivity contribution is 5.81. The molecule has 0 aromatic carbocycles. The predicted octanol–water partition coefficient (Wildman–Crippen LogP) is 2.54. The van der Waals surface area contributed by atoms with Crippen LogP contribution in [-0.2, 0) is 9.53 Å². The number of carbonyl (C=O) groups is 1. The molecule has 0 spiro atoms. The molecule has 1 atom stereocenters. The van der Waals surface area contributed by atoms with Crippen LogP contribution < -0.4 is 0 Å². The van der Waals surface area contributed by atoms with Gasteiger partial charge in [-0.3, -0.25) is 0 Å². The van der Waals surface area contributed by atoms with Crippen molar-refractivity contribution < 1.29 is 9.53 Å². The first kappa shape index (κ1) is 11.2. The fourth-order valence-corrected chi connectivity index (χ4v) is 1.09. The SMILES string of the molecule is CC=CC(=O)OC(C)CC(C)C. The van der Waals surface area contributed by atoms with Gasteiger partial charge in [-0.05, 0) is 26.2 Å². The van der Waals surface area contributed by atoms with E-state index in [1.807, 2.05) is 6.92 Å². The molecule has 1 unspecified atom stereocenters. The Balaban J connectivity index is 3.68. The van der Waals surface area contributed by atoms with Crippen LogP contribution in [0.1, 0.15) is 34.1 Å². The number of carbonyl (C=O) groups excluding carboxylic acids is 1. The summed E-state index contributed by atoms with van der Waals surface area (Å²) in [4.78, 5) is 10.9. The molecule has 0 saturated carbocycles. The Hall–Kier alpha value is -0.790. The minimum Gasteiger partial charge on any atom is -0.460 e. The van der Waals surface area contributed by atoms with Crippen molar-refractivity contribution in [2.24, 2.45) is 5.92 Å². The van der Waals surface area contributed by atoms with Crippen molar-refractivity contribution in [3.8, 4) is 0 Å². The van der Waals surface area contributed by atoms with Gasteiger partial charge in [0.2, 0.25) is 0 Å². The third-order valence-electron chi connectivity index (χ3n) is 1.42. The summed E-state index contributed by atoms with van der Waals surface area (Å²) in [5, 5.41) is 0. The Kier molecular flexibility index (Phi) is 5.43. The van der Waals surface area contributed by atoms with E-state index in [2.05, 4.69) is 13.8 Å². The molecule has 0 rings (SSSR count). The van der Waals surface area contributed by atoms with Crippen LogP contribution >= 0.6 is 0 Å². The summed E-state index contributed by atoms with van der Waals surface area (Å²) < 4.78 is 5.08. The number of esters is 1. The zero-order valence-electron chi connectivity index (χ0n) is 8.33. The molecule has 0 radical (unpaired) electrons. The Morgan fingerprint density at radius 1 is 1.42 bits per heavy atom. The molecule has 0 aromatic rings. The van der Waals surface area contributed by atoms with E-state index < -0.39 is 0 Å². The largest absolute Gasteiger partial charge is 0.460 e. The summed E-state index contributed by atoms with van der Waals surface area (Å²) >= 11 is 0. The smallest absolute Gasteiger partial charge is 0.330 e. The number of rotatable bonds is 4. The van der Waals surface area contributed by atoms with Gasteiger partial charge in [0.05, 0.1) is 6.10 Å². The van der Waals surface area contributed by atoms with Crippen LogP contribution in [0.5, 0.6) is 0 Å². The molecule has 0 aliphatic rings. The Morgan fingerprint density at radius 3 is 2.42 bits per heavy atom. The van der Waals surface area contributed by atoms with Gasteiger partial charge in [0.1, 0.15) is 0 Å². The standard InChI is InChI=1S/C10H18O2/c1-5-6-10(11)12-9(4)7-8(2)3/h5-6,8-9H,7H2,1-4H3. The lowest BCUT2D eigenvalue weighted by molar-refractivity contribution is -0.142. The van der Waals surface area contributed by atoms with Crippen molar-refractivity contribution in [2.75, 3.05) is 0 Å². The van der Waals surface area contributed by atoms with Crippen molar-refractivity contribution in [1.29, 1.82) is 0 Å². The second kappa shape index (κ2) is 5.81. The zero-order chi connectivity index (χ0) is 9.56. The zero-order valence-corrected chi connectivity index (χ0v) is 8.33. The summed E-state index contributed by atoms with van der Waals surface area (Å²) in [5.41, 5.74) is 0. The molecule has 0 amide bonds. The highest BCUT2D eigenvalue weighted by atomic mass is 16.5. The normalized spacial score (nSPS) is 13.8. The summed E-state index contributed by atoms with van der Waals surface area (Å²) in [7, 11) is 0. The number of hydrogen-bond acceptors (Lipinski definition) is 2. The van der Waals surface area contributed by atoms with Gasteiger partial charge in [-0.1, -0.05) is 19.9 Å². The number of allylic oxidation sites excluding steroid dienone is 1. The van der Waals surface area contributed by atoms with Crippen LogP contribution in [0.2, 0.25) is 0 Å². The van der Waals surface area contributed by atoms with Crippen molar-refractivity contribution in [3.05, 3.63) is 12.2 Å². The molecule has 2 nitrogen and oxygen atoms in total. The van der Waals surface area contributed by atoms with Crippen molar-refractivity contribution in [2.45, 2.75) is 40.2 Å². The third-order valence-corrected chi connectivity index (χ3v) is 1.42. The van der Waals surface area contributed by atoms with Crippen LogP contribution in [0.15, 0.2) is 12.2 Å². The molecule has 70 valence electrons. The minimum atomic E-state index is -0.245. The van der Waals surface area contributed by atoms with Gasteiger partial charge in [-0.25, -0.2) is 4.79 Å². The van der Waals surface area contributed by atoms with Gasteiger partial charge in [0.15, 0.2) is 0 Å². The van der Waals surface area contributed by atoms with E-state index in [9.17, 15) is 4.79 Å². The van der Waals surface area contributed by atoms with E-state index in [0.717, 1.165) is 6.42 Å². The Bertz CT molecular complexity index is 159. The van der Waals surface area contributed by atoms with Gasteiger partial charge in [0.25, 0.3) is 0 Å². The van der Waals surface area contributed by atoms with E-state index in [0.29, 0.717) is 5.92 Å². The molecule has 0 N–H and O–H groups in total. The molecule has 0 bridgehead atoms. The van der Waals surface area contributed by atoms with Crippen LogP contribution in [0.3, 0.4) is 0 Å². The van der Waals surface area contributed by atoms with E-state index in [-0.39, 0.29) is 12.1 Å². The average Bonchev–Trinajstić information content (AvgIpc) is 1.84. The first-order valence-corrected chi connectivity index (χ1v) is 4.39. The Labute approximate surface area is 74.6 Å². The maximum absolute atomic E-state index is 10.9. The summed E-state index contributed by atoms with van der Waals surface area (Å²) in [6, 6.07) is 0. The molecular formula is C10H18O2. The molecule has 0 aliphatic carbocycles. The minimum absolute atomic E-state index is 0.0219. The lowest BCUT2D eigenvalue weighted by Crippen LogP contribution is -2.15. The lowest BCUT2D eigenvalue weighted by atomic mass is 10.1. The molecular weight excluding hydrogens is 152 g/mol. The van der Waals surface area contributed by atoms with Gasteiger partial charge in [-0.15, -0.1) is 0 Å². The predicted molar refractivity (Wildman–Crippen MR) is 49.8 cm³/mol. The maximum atomic E-state index is 10.9. The van der Waals surface area contributed by atoms with Crippen LogP contribution in [-0.4, -0.2) is 12.1 Å². The Morgan fingerprint density at radius 2 is 2.00 bits per heavy atom. The second-order valence-electron chi connectivity index (χ2n) is 3.38. The monoisotopic (exact) mass is 170 g/mol. The van der Waals surface area contributed by atoms with Crippen LogP contribution in [0.4, 0.5) is 0 Å². The molecule has 0 saturated heterocycles. The fourth-order valence-electron chi connectivity index (χ4n) is 1.09. The first-order chi connectivity index (χ1) is 5.56. The van der Waals surface area contributed by atoms with E-state index in [1.54, 1.807) is 13.0 Å². The van der Waals surface area contributed by atoms with Gasteiger partial charge in [-0.2, -0.15) is 0 Å². The van der Waals surface area contributed by atoms with Crippen molar-refractivity contribution >= 4 is 5.97 Å². The quantitative estimate of drug-likeness (QED) is 0.478. The second-order valence-corrected chi connectivity index (χ2v) is 3.38. The summed E-state index contributed by atoms with van der Waals surface area (Å²) in [6.45, 7) is 7.94. The molecule has 0 heterocycles. The van der Waals surface area contributed by atoms with Crippen molar-refractivity contribution in [1.82, 2.24) is 0 Å². The molecule has 0 aromatic heterocycles. The van der Waals surface area contributed by atoms with Gasteiger partial charge >= 0.3 is 5.97 Å². The van der Waals surface area contributed by atoms with E-state index >= 15 is 0 Å². The van der Waals surface area contributed by atoms with Gasteiger partial charge < -0.3 is 4.74 Å². The summed E-state index contributed by atoms with van der Waals surface area (Å²) in [6.07, 6.45) is 4.07. The third kappa shape index (κ3) is 5.96. The molecule has 0 aliphatic heterocycles. The highest BCUT2D eigenvalue weighted by Gasteiger charge is 2.07. The average molecular weight is 170 g/mol. The summed E-state index contributed by atoms with van der Waals surface area (Å²) in [5.74, 6) is 0.323. The number of hydrogen-bond donors (Lipinski definition) is 0. The fraction of sp³-hybridized carbons (Fsp3) is 0.700. The maximum Gasteiger partial charge on any atom is 0.330 e. The topological polar surface area (TPSA) is 26.3 Å². The van der Waals surface area contributed by atoms with Crippen LogP contribution in [0.25, 0.3) is 0 Å².